The molecule has 0 amide bonds. The Bertz CT molecular complexity index is 104. The Morgan fingerprint density at radius 2 is 1.88 bits per heavy atom. The van der Waals surface area contributed by atoms with Gasteiger partial charge in [-0.2, -0.15) is 0 Å². The van der Waals surface area contributed by atoms with Gasteiger partial charge in [-0.15, -0.1) is 0 Å². The highest BCUT2D eigenvalue weighted by atomic mass is 14.7. The van der Waals surface area contributed by atoms with Crippen molar-refractivity contribution in [3.8, 4) is 0 Å². The van der Waals surface area contributed by atoms with E-state index in [1.807, 2.05) is 20.9 Å². The first kappa shape index (κ1) is 7.41. The highest BCUT2D eigenvalue weighted by Crippen LogP contribution is 1.93. The first-order valence-corrected chi connectivity index (χ1v) is 2.79. The topological polar surface area (TPSA) is 12.4 Å². The summed E-state index contributed by atoms with van der Waals surface area (Å²) in [4.78, 5) is 4.01. The maximum Gasteiger partial charge on any atom is 0.0339 e. The zero-order chi connectivity index (χ0) is 6.57. The summed E-state index contributed by atoms with van der Waals surface area (Å²) in [5, 5.41) is 0. The molecule has 0 atom stereocenters. The lowest BCUT2D eigenvalue weighted by Gasteiger charge is -1.93. The largest absolute Gasteiger partial charge is 0.293 e. The van der Waals surface area contributed by atoms with Crippen LogP contribution in [-0.4, -0.2) is 12.8 Å². The Labute approximate surface area is 51.1 Å². The summed E-state index contributed by atoms with van der Waals surface area (Å²) < 4.78 is 0. The molecule has 0 aliphatic heterocycles. The minimum absolute atomic E-state index is 1.12. The number of nitrogens with zero attached hydrogens (tertiary/aromatic N) is 1. The number of rotatable bonds is 1. The quantitative estimate of drug-likeness (QED) is 0.459. The van der Waals surface area contributed by atoms with Gasteiger partial charge in [0, 0.05) is 12.8 Å². The Kier molecular flexibility index (Phi) is 3.16. The zero-order valence-electron chi connectivity index (χ0n) is 6.02. The Hall–Kier alpha value is -0.590. The molecular formula is C7H13N. The van der Waals surface area contributed by atoms with Crippen molar-refractivity contribution >= 4 is 5.71 Å². The van der Waals surface area contributed by atoms with Crippen LogP contribution < -0.4 is 0 Å². The minimum Gasteiger partial charge on any atom is -0.293 e. The molecule has 0 N–H and O–H groups in total. The number of allylic oxidation sites excluding steroid dienone is 2. The predicted molar refractivity (Wildman–Crippen MR) is 38.5 cm³/mol. The van der Waals surface area contributed by atoms with Crippen molar-refractivity contribution in [1.29, 1.82) is 0 Å². The average Bonchev–Trinajstić information content (AvgIpc) is 1.84. The number of hydrogen-bond donors (Lipinski definition) is 0. The molecule has 0 rings (SSSR count). The lowest BCUT2D eigenvalue weighted by Crippen LogP contribution is -1.90. The van der Waals surface area contributed by atoms with Crippen molar-refractivity contribution in [2.45, 2.75) is 20.8 Å². The molecule has 1 heteroatoms. The Balaban J connectivity index is 4.04. The van der Waals surface area contributed by atoms with E-state index in [4.69, 9.17) is 0 Å². The van der Waals surface area contributed by atoms with Crippen LogP contribution in [0.2, 0.25) is 0 Å². The number of aliphatic imine (C=N–C) groups is 1. The van der Waals surface area contributed by atoms with E-state index < -0.39 is 0 Å². The van der Waals surface area contributed by atoms with Gasteiger partial charge in [0.25, 0.3) is 0 Å². The van der Waals surface area contributed by atoms with Crippen LogP contribution in [0.4, 0.5) is 0 Å². The van der Waals surface area contributed by atoms with E-state index in [1.54, 1.807) is 0 Å². The summed E-state index contributed by atoms with van der Waals surface area (Å²) in [7, 11) is 1.81. The van der Waals surface area contributed by atoms with Crippen molar-refractivity contribution in [3.63, 3.8) is 0 Å². The van der Waals surface area contributed by atoms with Crippen molar-refractivity contribution in [2.24, 2.45) is 4.99 Å². The van der Waals surface area contributed by atoms with E-state index in [0.29, 0.717) is 0 Å². The lowest BCUT2D eigenvalue weighted by molar-refractivity contribution is 1.38. The molecule has 0 aromatic rings. The molecular weight excluding hydrogens is 98.1 g/mol. The van der Waals surface area contributed by atoms with E-state index in [2.05, 4.69) is 18.0 Å². The molecule has 1 nitrogen and oxygen atoms in total. The van der Waals surface area contributed by atoms with Crippen LogP contribution in [0.25, 0.3) is 0 Å². The molecule has 0 aliphatic rings. The molecule has 0 unspecified atom stereocenters. The van der Waals surface area contributed by atoms with Gasteiger partial charge in [-0.1, -0.05) is 6.08 Å². The fraction of sp³-hybridized carbons (Fsp3) is 0.571. The Morgan fingerprint density at radius 3 is 2.00 bits per heavy atom. The monoisotopic (exact) mass is 111 g/mol. The molecule has 46 valence electrons. The highest BCUT2D eigenvalue weighted by molar-refractivity contribution is 5.97. The van der Waals surface area contributed by atoms with Crippen LogP contribution in [0.5, 0.6) is 0 Å². The first-order valence-electron chi connectivity index (χ1n) is 2.79. The predicted octanol–water partition coefficient (Wildman–Crippen LogP) is 2.04. The summed E-state index contributed by atoms with van der Waals surface area (Å²) in [6.07, 6.45) is 2.06. The van der Waals surface area contributed by atoms with Crippen LogP contribution in [0.15, 0.2) is 16.6 Å². The molecule has 0 aliphatic carbocycles. The summed E-state index contributed by atoms with van der Waals surface area (Å²) in [5.74, 6) is 0. The van der Waals surface area contributed by atoms with Crippen molar-refractivity contribution in [1.82, 2.24) is 0 Å². The van der Waals surface area contributed by atoms with Gasteiger partial charge >= 0.3 is 0 Å². The van der Waals surface area contributed by atoms with E-state index in [-0.39, 0.29) is 0 Å². The van der Waals surface area contributed by atoms with E-state index >= 15 is 0 Å². The molecule has 8 heavy (non-hydrogen) atoms. The van der Waals surface area contributed by atoms with Crippen LogP contribution >= 0.6 is 0 Å². The van der Waals surface area contributed by atoms with Gasteiger partial charge in [0.1, 0.15) is 0 Å². The third-order valence-electron chi connectivity index (χ3n) is 1.34. The van der Waals surface area contributed by atoms with Crippen LogP contribution in [0.1, 0.15) is 20.8 Å². The molecule has 0 fully saturated rings. The van der Waals surface area contributed by atoms with E-state index in [1.165, 1.54) is 5.57 Å². The maximum atomic E-state index is 4.01. The van der Waals surface area contributed by atoms with Gasteiger partial charge in [-0.25, -0.2) is 0 Å². The standard InChI is InChI=1S/C7H13N/c1-5-6(2)7(3)8-4/h5H,1-4H3/b6-5+,8-7?. The summed E-state index contributed by atoms with van der Waals surface area (Å²) in [6, 6.07) is 0. The van der Waals surface area contributed by atoms with Crippen molar-refractivity contribution in [3.05, 3.63) is 11.6 Å². The fourth-order valence-corrected chi connectivity index (χ4v) is 0.385. The fourth-order valence-electron chi connectivity index (χ4n) is 0.385. The minimum atomic E-state index is 1.12. The summed E-state index contributed by atoms with van der Waals surface area (Å²) >= 11 is 0. The van der Waals surface area contributed by atoms with E-state index in [0.717, 1.165) is 5.71 Å². The third-order valence-corrected chi connectivity index (χ3v) is 1.34. The van der Waals surface area contributed by atoms with Gasteiger partial charge in [0.2, 0.25) is 0 Å². The second kappa shape index (κ2) is 3.42. The molecule has 0 saturated heterocycles. The third kappa shape index (κ3) is 1.92. The van der Waals surface area contributed by atoms with Crippen LogP contribution in [0, 0.1) is 0 Å². The lowest BCUT2D eigenvalue weighted by atomic mass is 10.2. The second-order valence-electron chi connectivity index (χ2n) is 1.78. The summed E-state index contributed by atoms with van der Waals surface area (Å²) in [5.41, 5.74) is 2.38. The molecule has 0 bridgehead atoms. The zero-order valence-corrected chi connectivity index (χ0v) is 6.02. The highest BCUT2D eigenvalue weighted by Gasteiger charge is 1.86. The SMILES string of the molecule is C/C=C(\C)C(C)=NC. The molecule has 0 spiro atoms. The molecule has 0 heterocycles. The molecule has 0 saturated carbocycles. The smallest absolute Gasteiger partial charge is 0.0339 e. The van der Waals surface area contributed by atoms with Gasteiger partial charge in [0.05, 0.1) is 0 Å². The Morgan fingerprint density at radius 1 is 1.38 bits per heavy atom. The van der Waals surface area contributed by atoms with Gasteiger partial charge in [-0.3, -0.25) is 4.99 Å². The molecule has 0 aromatic carbocycles. The maximum absolute atomic E-state index is 4.01. The van der Waals surface area contributed by atoms with Crippen LogP contribution in [-0.2, 0) is 0 Å². The van der Waals surface area contributed by atoms with Gasteiger partial charge in [0.15, 0.2) is 0 Å². The van der Waals surface area contributed by atoms with Crippen LogP contribution in [0.3, 0.4) is 0 Å². The second-order valence-corrected chi connectivity index (χ2v) is 1.78. The normalized spacial score (nSPS) is 14.5. The van der Waals surface area contributed by atoms with Crippen molar-refractivity contribution < 1.29 is 0 Å². The molecule has 0 aromatic heterocycles. The molecule has 0 radical (unpaired) electrons. The average molecular weight is 111 g/mol. The van der Waals surface area contributed by atoms with Crippen molar-refractivity contribution in [2.75, 3.05) is 7.05 Å². The first-order chi connectivity index (χ1) is 3.72. The van der Waals surface area contributed by atoms with Gasteiger partial charge in [-0.05, 0) is 26.3 Å². The van der Waals surface area contributed by atoms with Gasteiger partial charge < -0.3 is 0 Å². The number of hydrogen-bond acceptors (Lipinski definition) is 1. The summed E-state index contributed by atoms with van der Waals surface area (Å²) in [6.45, 7) is 6.08. The van der Waals surface area contributed by atoms with E-state index in [9.17, 15) is 0 Å².